The first-order valence-corrected chi connectivity index (χ1v) is 7.75. The van der Waals surface area contributed by atoms with Gasteiger partial charge in [0.15, 0.2) is 0 Å². The third kappa shape index (κ3) is 2.75. The minimum absolute atomic E-state index is 0.0691. The zero-order valence-corrected chi connectivity index (χ0v) is 13.2. The fraction of sp³-hybridized carbons (Fsp3) is 0.278. The molecule has 3 rings (SSSR count). The third-order valence-corrected chi connectivity index (χ3v) is 4.72. The number of nitrogens with one attached hydrogen (secondary N) is 1. The molecule has 0 unspecified atom stereocenters. The average Bonchev–Trinajstić information content (AvgIpc) is 2.50. The van der Waals surface area contributed by atoms with Crippen LogP contribution in [0.1, 0.15) is 30.4 Å². The van der Waals surface area contributed by atoms with Crippen molar-refractivity contribution in [3.8, 4) is 0 Å². The minimum atomic E-state index is -0.690. The standard InChI is InChI=1S/C18H17FN2O3/c1-12-3-8-15(21(23)24)11-16(12)20-17(22)18(9-2-10-18)13-4-6-14(19)7-5-13/h3-8,11H,2,9-10H2,1H3,(H,20,22). The van der Waals surface area contributed by atoms with Gasteiger partial charge in [-0.05, 0) is 43.0 Å². The Hall–Kier alpha value is -2.76. The van der Waals surface area contributed by atoms with E-state index in [-0.39, 0.29) is 17.4 Å². The molecule has 2 aromatic rings. The number of hydrogen-bond acceptors (Lipinski definition) is 3. The lowest BCUT2D eigenvalue weighted by Gasteiger charge is -2.40. The van der Waals surface area contributed by atoms with E-state index in [1.54, 1.807) is 25.1 Å². The Morgan fingerprint density at radius 1 is 1.21 bits per heavy atom. The molecular formula is C18H17FN2O3. The molecule has 6 heteroatoms. The Morgan fingerprint density at radius 3 is 2.42 bits per heavy atom. The van der Waals surface area contributed by atoms with E-state index in [9.17, 15) is 19.3 Å². The number of benzene rings is 2. The number of halogens is 1. The lowest BCUT2D eigenvalue weighted by molar-refractivity contribution is -0.384. The van der Waals surface area contributed by atoms with Gasteiger partial charge in [0.2, 0.25) is 5.91 Å². The summed E-state index contributed by atoms with van der Waals surface area (Å²) in [4.78, 5) is 23.3. The van der Waals surface area contributed by atoms with Crippen molar-refractivity contribution in [1.29, 1.82) is 0 Å². The number of nitrogens with zero attached hydrogens (tertiary/aromatic N) is 1. The highest BCUT2D eigenvalue weighted by Gasteiger charge is 2.45. The number of amides is 1. The average molecular weight is 328 g/mol. The van der Waals surface area contributed by atoms with Crippen molar-refractivity contribution < 1.29 is 14.1 Å². The van der Waals surface area contributed by atoms with Crippen molar-refractivity contribution in [3.63, 3.8) is 0 Å². The Bertz CT molecular complexity index is 798. The summed E-state index contributed by atoms with van der Waals surface area (Å²) >= 11 is 0. The van der Waals surface area contributed by atoms with E-state index in [1.165, 1.54) is 24.3 Å². The number of hydrogen-bond donors (Lipinski definition) is 1. The topological polar surface area (TPSA) is 72.2 Å². The summed E-state index contributed by atoms with van der Waals surface area (Å²) in [5.41, 5.74) is 1.20. The predicted molar refractivity (Wildman–Crippen MR) is 88.4 cm³/mol. The molecule has 1 saturated carbocycles. The van der Waals surface area contributed by atoms with Gasteiger partial charge in [-0.3, -0.25) is 14.9 Å². The monoisotopic (exact) mass is 328 g/mol. The minimum Gasteiger partial charge on any atom is -0.325 e. The molecule has 2 aromatic carbocycles. The van der Waals surface area contributed by atoms with Gasteiger partial charge in [0.05, 0.1) is 16.0 Å². The molecule has 1 fully saturated rings. The van der Waals surface area contributed by atoms with Crippen LogP contribution in [-0.4, -0.2) is 10.8 Å². The molecule has 5 nitrogen and oxygen atoms in total. The van der Waals surface area contributed by atoms with Gasteiger partial charge in [-0.15, -0.1) is 0 Å². The van der Waals surface area contributed by atoms with E-state index in [0.29, 0.717) is 18.5 Å². The summed E-state index contributed by atoms with van der Waals surface area (Å²) in [6.07, 6.45) is 2.27. The van der Waals surface area contributed by atoms with Crippen LogP contribution in [0, 0.1) is 22.9 Å². The van der Waals surface area contributed by atoms with E-state index < -0.39 is 10.3 Å². The second kappa shape index (κ2) is 6.03. The first kappa shape index (κ1) is 16.1. The van der Waals surface area contributed by atoms with Gasteiger partial charge in [-0.1, -0.05) is 24.6 Å². The molecule has 0 bridgehead atoms. The van der Waals surface area contributed by atoms with Crippen LogP contribution in [0.4, 0.5) is 15.8 Å². The highest BCUT2D eigenvalue weighted by molar-refractivity contribution is 6.00. The van der Waals surface area contributed by atoms with Crippen LogP contribution in [0.5, 0.6) is 0 Å². The van der Waals surface area contributed by atoms with Crippen LogP contribution in [0.15, 0.2) is 42.5 Å². The molecular weight excluding hydrogens is 311 g/mol. The highest BCUT2D eigenvalue weighted by Crippen LogP contribution is 2.44. The smallest absolute Gasteiger partial charge is 0.271 e. The van der Waals surface area contributed by atoms with Crippen LogP contribution < -0.4 is 5.32 Å². The maximum atomic E-state index is 13.2. The molecule has 0 aliphatic heterocycles. The molecule has 24 heavy (non-hydrogen) atoms. The summed E-state index contributed by atoms with van der Waals surface area (Å²) in [6.45, 7) is 1.78. The number of carbonyl (C=O) groups is 1. The van der Waals surface area contributed by atoms with Crippen molar-refractivity contribution in [3.05, 3.63) is 69.5 Å². The number of rotatable bonds is 4. The normalized spacial score (nSPS) is 15.4. The van der Waals surface area contributed by atoms with E-state index in [0.717, 1.165) is 17.5 Å². The predicted octanol–water partition coefficient (Wildman–Crippen LogP) is 4.10. The van der Waals surface area contributed by atoms with Crippen LogP contribution in [0.2, 0.25) is 0 Å². The molecule has 1 aliphatic carbocycles. The summed E-state index contributed by atoms with van der Waals surface area (Å²) in [7, 11) is 0. The summed E-state index contributed by atoms with van der Waals surface area (Å²) in [5, 5.41) is 13.7. The van der Waals surface area contributed by atoms with Crippen LogP contribution >= 0.6 is 0 Å². The SMILES string of the molecule is Cc1ccc([N+](=O)[O-])cc1NC(=O)C1(c2ccc(F)cc2)CCC1. The van der Waals surface area contributed by atoms with Crippen LogP contribution in [-0.2, 0) is 10.2 Å². The number of nitro groups is 1. The van der Waals surface area contributed by atoms with E-state index in [4.69, 9.17) is 0 Å². The summed E-state index contributed by atoms with van der Waals surface area (Å²) < 4.78 is 13.2. The fourth-order valence-electron chi connectivity index (χ4n) is 3.05. The number of anilines is 1. The third-order valence-electron chi connectivity index (χ3n) is 4.72. The molecule has 1 aliphatic rings. The van der Waals surface area contributed by atoms with E-state index in [2.05, 4.69) is 5.32 Å². The van der Waals surface area contributed by atoms with Gasteiger partial charge in [-0.2, -0.15) is 0 Å². The molecule has 124 valence electrons. The Balaban J connectivity index is 1.89. The number of carbonyl (C=O) groups excluding carboxylic acids is 1. The van der Waals surface area contributed by atoms with Crippen molar-refractivity contribution in [2.45, 2.75) is 31.6 Å². The lowest BCUT2D eigenvalue weighted by Crippen LogP contribution is -2.46. The lowest BCUT2D eigenvalue weighted by atomic mass is 9.63. The van der Waals surface area contributed by atoms with Crippen molar-refractivity contribution >= 4 is 17.3 Å². The molecule has 0 heterocycles. The molecule has 0 spiro atoms. The van der Waals surface area contributed by atoms with Gasteiger partial charge in [0.1, 0.15) is 5.82 Å². The van der Waals surface area contributed by atoms with Crippen LogP contribution in [0.3, 0.4) is 0 Å². The van der Waals surface area contributed by atoms with Crippen molar-refractivity contribution in [1.82, 2.24) is 0 Å². The van der Waals surface area contributed by atoms with E-state index >= 15 is 0 Å². The molecule has 0 radical (unpaired) electrons. The highest BCUT2D eigenvalue weighted by atomic mass is 19.1. The molecule has 1 N–H and O–H groups in total. The molecule has 0 saturated heterocycles. The molecule has 0 atom stereocenters. The van der Waals surface area contributed by atoms with Gasteiger partial charge in [0, 0.05) is 12.1 Å². The maximum Gasteiger partial charge on any atom is 0.271 e. The van der Waals surface area contributed by atoms with Crippen molar-refractivity contribution in [2.75, 3.05) is 5.32 Å². The van der Waals surface area contributed by atoms with Gasteiger partial charge >= 0.3 is 0 Å². The Kier molecular flexibility index (Phi) is 4.05. The second-order valence-electron chi connectivity index (χ2n) is 6.15. The fourth-order valence-corrected chi connectivity index (χ4v) is 3.05. The van der Waals surface area contributed by atoms with Crippen molar-refractivity contribution in [2.24, 2.45) is 0 Å². The zero-order chi connectivity index (χ0) is 17.3. The van der Waals surface area contributed by atoms with Gasteiger partial charge in [-0.25, -0.2) is 4.39 Å². The summed E-state index contributed by atoms with van der Waals surface area (Å²) in [5.74, 6) is -0.549. The zero-order valence-electron chi connectivity index (χ0n) is 13.2. The second-order valence-corrected chi connectivity index (χ2v) is 6.15. The Labute approximate surface area is 138 Å². The van der Waals surface area contributed by atoms with E-state index in [1.807, 2.05) is 0 Å². The van der Waals surface area contributed by atoms with Gasteiger partial charge < -0.3 is 5.32 Å². The molecule has 1 amide bonds. The first-order valence-electron chi connectivity index (χ1n) is 7.75. The number of non-ortho nitro benzene ring substituents is 1. The number of nitro benzene ring substituents is 1. The van der Waals surface area contributed by atoms with Crippen LogP contribution in [0.25, 0.3) is 0 Å². The number of aryl methyl sites for hydroxylation is 1. The molecule has 0 aromatic heterocycles. The van der Waals surface area contributed by atoms with Gasteiger partial charge in [0.25, 0.3) is 5.69 Å². The maximum absolute atomic E-state index is 13.2. The Morgan fingerprint density at radius 2 is 1.88 bits per heavy atom. The summed E-state index contributed by atoms with van der Waals surface area (Å²) in [6, 6.07) is 10.3. The largest absolute Gasteiger partial charge is 0.325 e. The first-order chi connectivity index (χ1) is 11.4. The quantitative estimate of drug-likeness (QED) is 0.678.